The van der Waals surface area contributed by atoms with Crippen molar-refractivity contribution in [3.8, 4) is 0 Å². The zero-order valence-electron chi connectivity index (χ0n) is 9.35. The number of hydrogen-bond donors (Lipinski definition) is 1. The minimum absolute atomic E-state index is 0.376. The topological polar surface area (TPSA) is 69.0 Å². The Morgan fingerprint density at radius 1 is 1.62 bits per heavy atom. The summed E-state index contributed by atoms with van der Waals surface area (Å²) in [6.45, 7) is 2.81. The lowest BCUT2D eigenvalue weighted by atomic mass is 9.98. The van der Waals surface area contributed by atoms with Gasteiger partial charge in [0.2, 0.25) is 0 Å². The van der Waals surface area contributed by atoms with Gasteiger partial charge in [-0.1, -0.05) is 5.21 Å². The second-order valence-corrected chi connectivity index (χ2v) is 3.99. The van der Waals surface area contributed by atoms with Gasteiger partial charge in [-0.3, -0.25) is 0 Å². The van der Waals surface area contributed by atoms with Crippen molar-refractivity contribution in [3.63, 3.8) is 0 Å². The molecule has 1 saturated heterocycles. The first-order chi connectivity index (χ1) is 7.81. The average molecular weight is 224 g/mol. The number of hydrogen-bond acceptors (Lipinski definition) is 5. The molecule has 16 heavy (non-hydrogen) atoms. The SMILES string of the molecule is COC(=O)c1cnnn1CC1CCNCC1. The van der Waals surface area contributed by atoms with Crippen LogP contribution in [0.1, 0.15) is 23.3 Å². The van der Waals surface area contributed by atoms with Crippen molar-refractivity contribution in [1.82, 2.24) is 20.3 Å². The molecule has 0 aromatic carbocycles. The molecular formula is C10H16N4O2. The summed E-state index contributed by atoms with van der Waals surface area (Å²) in [4.78, 5) is 11.4. The summed E-state index contributed by atoms with van der Waals surface area (Å²) in [5, 5.41) is 11.0. The van der Waals surface area contributed by atoms with E-state index in [-0.39, 0.29) is 5.97 Å². The minimum Gasteiger partial charge on any atom is -0.464 e. The van der Waals surface area contributed by atoms with Crippen molar-refractivity contribution < 1.29 is 9.53 Å². The van der Waals surface area contributed by atoms with Crippen LogP contribution in [-0.4, -0.2) is 41.2 Å². The zero-order chi connectivity index (χ0) is 11.4. The van der Waals surface area contributed by atoms with Crippen LogP contribution in [0.15, 0.2) is 6.20 Å². The van der Waals surface area contributed by atoms with Crippen LogP contribution >= 0.6 is 0 Å². The highest BCUT2D eigenvalue weighted by Gasteiger charge is 2.18. The second kappa shape index (κ2) is 5.07. The molecular weight excluding hydrogens is 208 g/mol. The van der Waals surface area contributed by atoms with E-state index in [9.17, 15) is 4.79 Å². The highest BCUT2D eigenvalue weighted by Crippen LogP contribution is 2.14. The minimum atomic E-state index is -0.376. The van der Waals surface area contributed by atoms with E-state index < -0.39 is 0 Å². The van der Waals surface area contributed by atoms with Crippen molar-refractivity contribution in [2.45, 2.75) is 19.4 Å². The van der Waals surface area contributed by atoms with Gasteiger partial charge in [-0.05, 0) is 31.8 Å². The highest BCUT2D eigenvalue weighted by molar-refractivity contribution is 5.86. The van der Waals surface area contributed by atoms with Crippen LogP contribution in [0.2, 0.25) is 0 Å². The molecule has 2 heterocycles. The number of nitrogens with zero attached hydrogens (tertiary/aromatic N) is 3. The molecule has 1 aromatic rings. The summed E-state index contributed by atoms with van der Waals surface area (Å²) in [6, 6.07) is 0. The van der Waals surface area contributed by atoms with Crippen molar-refractivity contribution in [2.75, 3.05) is 20.2 Å². The van der Waals surface area contributed by atoms with Crippen molar-refractivity contribution in [3.05, 3.63) is 11.9 Å². The maximum absolute atomic E-state index is 11.4. The van der Waals surface area contributed by atoms with Crippen LogP contribution < -0.4 is 5.32 Å². The van der Waals surface area contributed by atoms with Gasteiger partial charge in [0.05, 0.1) is 13.3 Å². The Morgan fingerprint density at radius 2 is 2.38 bits per heavy atom. The second-order valence-electron chi connectivity index (χ2n) is 3.99. The number of aromatic nitrogens is 3. The molecule has 6 nitrogen and oxygen atoms in total. The molecule has 2 rings (SSSR count). The number of methoxy groups -OCH3 is 1. The number of piperidine rings is 1. The van der Waals surface area contributed by atoms with E-state index in [1.165, 1.54) is 13.3 Å². The van der Waals surface area contributed by atoms with Crippen LogP contribution in [0, 0.1) is 5.92 Å². The molecule has 0 unspecified atom stereocenters. The van der Waals surface area contributed by atoms with Crippen molar-refractivity contribution in [2.24, 2.45) is 5.92 Å². The van der Waals surface area contributed by atoms with Crippen LogP contribution in [0.4, 0.5) is 0 Å². The maximum Gasteiger partial charge on any atom is 0.358 e. The largest absolute Gasteiger partial charge is 0.464 e. The van der Waals surface area contributed by atoms with E-state index in [0.717, 1.165) is 32.5 Å². The van der Waals surface area contributed by atoms with Crippen molar-refractivity contribution in [1.29, 1.82) is 0 Å². The smallest absolute Gasteiger partial charge is 0.358 e. The summed E-state index contributed by atoms with van der Waals surface area (Å²) in [7, 11) is 1.37. The molecule has 0 atom stereocenters. The third-order valence-corrected chi connectivity index (χ3v) is 2.90. The van der Waals surface area contributed by atoms with E-state index in [2.05, 4.69) is 20.4 Å². The van der Waals surface area contributed by atoms with Gasteiger partial charge >= 0.3 is 5.97 Å². The fraction of sp³-hybridized carbons (Fsp3) is 0.700. The normalized spacial score (nSPS) is 17.3. The Hall–Kier alpha value is -1.43. The summed E-state index contributed by atoms with van der Waals surface area (Å²) in [5.74, 6) is 0.185. The summed E-state index contributed by atoms with van der Waals surface area (Å²) >= 11 is 0. The number of carbonyl (C=O) groups excluding carboxylic acids is 1. The maximum atomic E-state index is 11.4. The molecule has 0 bridgehead atoms. The molecule has 0 amide bonds. The molecule has 0 radical (unpaired) electrons. The van der Waals surface area contributed by atoms with E-state index in [4.69, 9.17) is 0 Å². The standard InChI is InChI=1S/C10H16N4O2/c1-16-10(15)9-6-12-13-14(9)7-8-2-4-11-5-3-8/h6,8,11H,2-5,7H2,1H3. The van der Waals surface area contributed by atoms with Gasteiger partial charge in [0.15, 0.2) is 5.69 Å². The van der Waals surface area contributed by atoms with Crippen LogP contribution in [-0.2, 0) is 11.3 Å². The lowest BCUT2D eigenvalue weighted by Crippen LogP contribution is -2.30. The van der Waals surface area contributed by atoms with Gasteiger partial charge < -0.3 is 10.1 Å². The average Bonchev–Trinajstić information content (AvgIpc) is 2.77. The molecule has 0 saturated carbocycles. The number of nitrogens with one attached hydrogen (secondary N) is 1. The first-order valence-corrected chi connectivity index (χ1v) is 5.49. The molecule has 6 heteroatoms. The Balaban J connectivity index is 2.03. The Kier molecular flexibility index (Phi) is 3.51. The number of ether oxygens (including phenoxy) is 1. The lowest BCUT2D eigenvalue weighted by Gasteiger charge is -2.22. The Morgan fingerprint density at radius 3 is 3.06 bits per heavy atom. The fourth-order valence-corrected chi connectivity index (χ4v) is 1.96. The molecule has 0 aliphatic carbocycles. The van der Waals surface area contributed by atoms with E-state index in [0.29, 0.717) is 11.6 Å². The predicted octanol–water partition coefficient (Wildman–Crippen LogP) is 0.0643. The lowest BCUT2D eigenvalue weighted by molar-refractivity contribution is 0.0584. The molecule has 1 aliphatic heterocycles. The first-order valence-electron chi connectivity index (χ1n) is 5.49. The monoisotopic (exact) mass is 224 g/mol. The third kappa shape index (κ3) is 2.38. The fourth-order valence-electron chi connectivity index (χ4n) is 1.96. The van der Waals surface area contributed by atoms with Gasteiger partial charge in [0.1, 0.15) is 0 Å². The number of rotatable bonds is 3. The predicted molar refractivity (Wildman–Crippen MR) is 57.0 cm³/mol. The molecule has 88 valence electrons. The van der Waals surface area contributed by atoms with Gasteiger partial charge in [0.25, 0.3) is 0 Å². The molecule has 0 spiro atoms. The third-order valence-electron chi connectivity index (χ3n) is 2.90. The van der Waals surface area contributed by atoms with E-state index in [1.54, 1.807) is 4.68 Å². The summed E-state index contributed by atoms with van der Waals surface area (Å²) in [6.07, 6.45) is 3.67. The first kappa shape index (κ1) is 11.1. The van der Waals surface area contributed by atoms with E-state index in [1.807, 2.05) is 0 Å². The molecule has 1 fully saturated rings. The molecule has 1 N–H and O–H groups in total. The van der Waals surface area contributed by atoms with Gasteiger partial charge in [-0.2, -0.15) is 0 Å². The summed E-state index contributed by atoms with van der Waals surface area (Å²) < 4.78 is 6.31. The van der Waals surface area contributed by atoms with Gasteiger partial charge in [0, 0.05) is 6.54 Å². The van der Waals surface area contributed by atoms with Crippen LogP contribution in [0.25, 0.3) is 0 Å². The van der Waals surface area contributed by atoms with Crippen LogP contribution in [0.3, 0.4) is 0 Å². The van der Waals surface area contributed by atoms with E-state index >= 15 is 0 Å². The number of carbonyl (C=O) groups is 1. The van der Waals surface area contributed by atoms with Crippen molar-refractivity contribution >= 4 is 5.97 Å². The zero-order valence-corrected chi connectivity index (χ0v) is 9.35. The van der Waals surface area contributed by atoms with Gasteiger partial charge in [-0.15, -0.1) is 5.10 Å². The Bertz CT molecular complexity index is 357. The Labute approximate surface area is 94.0 Å². The molecule has 1 aromatic heterocycles. The van der Waals surface area contributed by atoms with Gasteiger partial charge in [-0.25, -0.2) is 9.48 Å². The highest BCUT2D eigenvalue weighted by atomic mass is 16.5. The van der Waals surface area contributed by atoms with Crippen LogP contribution in [0.5, 0.6) is 0 Å². The quantitative estimate of drug-likeness (QED) is 0.735. The number of esters is 1. The summed E-state index contributed by atoms with van der Waals surface area (Å²) in [5.41, 5.74) is 0.432. The molecule has 1 aliphatic rings.